The largest absolute Gasteiger partial charge is 0.370 e. The Hall–Kier alpha value is -3.98. The molecule has 9 nitrogen and oxygen atoms in total. The van der Waals surface area contributed by atoms with Gasteiger partial charge in [0, 0.05) is 61.1 Å². The zero-order valence-corrected chi connectivity index (χ0v) is 20.8. The minimum atomic E-state index is -0.105. The molecule has 1 fully saturated rings. The average Bonchev–Trinajstić information content (AvgIpc) is 3.48. The van der Waals surface area contributed by atoms with E-state index in [0.717, 1.165) is 59.5 Å². The van der Waals surface area contributed by atoms with Crippen molar-refractivity contribution in [3.63, 3.8) is 0 Å². The summed E-state index contributed by atoms with van der Waals surface area (Å²) in [5.74, 6) is 0.577. The maximum absolute atomic E-state index is 12.8. The molecule has 4 aromatic rings. The second-order valence-electron chi connectivity index (χ2n) is 9.90. The molecule has 36 heavy (non-hydrogen) atoms. The maximum Gasteiger partial charge on any atom is 0.254 e. The zero-order valence-electron chi connectivity index (χ0n) is 20.8. The van der Waals surface area contributed by atoms with E-state index in [0.29, 0.717) is 23.6 Å². The fourth-order valence-corrected chi connectivity index (χ4v) is 5.23. The van der Waals surface area contributed by atoms with Crippen molar-refractivity contribution in [1.82, 2.24) is 30.2 Å². The molecule has 1 saturated heterocycles. The number of piperidine rings is 1. The lowest BCUT2D eigenvalue weighted by molar-refractivity contribution is 0.0966. The number of carbonyl (C=O) groups is 1. The van der Waals surface area contributed by atoms with Gasteiger partial charge in [-0.15, -0.1) is 0 Å². The van der Waals surface area contributed by atoms with E-state index in [2.05, 4.69) is 43.8 Å². The van der Waals surface area contributed by atoms with Crippen LogP contribution in [-0.2, 0) is 13.6 Å². The highest BCUT2D eigenvalue weighted by Gasteiger charge is 2.29. The smallest absolute Gasteiger partial charge is 0.254 e. The predicted molar refractivity (Wildman–Crippen MR) is 142 cm³/mol. The summed E-state index contributed by atoms with van der Waals surface area (Å²) in [4.78, 5) is 29.1. The quantitative estimate of drug-likeness (QED) is 0.400. The van der Waals surface area contributed by atoms with Gasteiger partial charge in [-0.25, -0.2) is 9.97 Å². The fourth-order valence-electron chi connectivity index (χ4n) is 5.23. The first kappa shape index (κ1) is 22.5. The van der Waals surface area contributed by atoms with E-state index in [9.17, 15) is 4.79 Å². The van der Waals surface area contributed by atoms with Crippen LogP contribution in [0.4, 0.5) is 17.2 Å². The SMILES string of the molecule is CNC1(C)CCN(c2ccc(Nc3cnc(-c4ccnc5c4ccn5C)c4c3C(=O)NC4)nc2)CC1. The molecule has 3 N–H and O–H groups in total. The summed E-state index contributed by atoms with van der Waals surface area (Å²) in [6.45, 7) is 4.71. The average molecular weight is 483 g/mol. The molecule has 0 radical (unpaired) electrons. The Morgan fingerprint density at radius 1 is 1.06 bits per heavy atom. The molecule has 0 bridgehead atoms. The molecule has 4 aromatic heterocycles. The molecule has 2 aliphatic heterocycles. The normalized spacial score (nSPS) is 16.8. The van der Waals surface area contributed by atoms with E-state index >= 15 is 0 Å². The number of pyridine rings is 3. The van der Waals surface area contributed by atoms with E-state index in [-0.39, 0.29) is 11.4 Å². The van der Waals surface area contributed by atoms with Crippen molar-refractivity contribution in [2.24, 2.45) is 7.05 Å². The number of hydrogen-bond donors (Lipinski definition) is 3. The van der Waals surface area contributed by atoms with Crippen LogP contribution in [-0.4, -0.2) is 51.1 Å². The van der Waals surface area contributed by atoms with Gasteiger partial charge in [-0.3, -0.25) is 9.78 Å². The third kappa shape index (κ3) is 3.76. The summed E-state index contributed by atoms with van der Waals surface area (Å²) >= 11 is 0. The molecule has 6 heterocycles. The standard InChI is InChI=1S/C27H30N8O/c1-27(28-2)8-12-35(13-9-27)17-4-5-22(30-14-17)33-21-16-31-24(20-15-32-26(36)23(20)21)18-6-10-29-25-19(18)7-11-34(25)3/h4-7,10-11,14,16,28H,8-9,12-13,15H2,1-3H3,(H,30,33)(H,32,36). The molecule has 9 heteroatoms. The number of aryl methyl sites for hydroxylation is 1. The van der Waals surface area contributed by atoms with Gasteiger partial charge in [0.2, 0.25) is 0 Å². The maximum atomic E-state index is 12.8. The number of aromatic nitrogens is 4. The van der Waals surface area contributed by atoms with Gasteiger partial charge in [0.05, 0.1) is 35.0 Å². The summed E-state index contributed by atoms with van der Waals surface area (Å²) in [6, 6.07) is 8.04. The van der Waals surface area contributed by atoms with Gasteiger partial charge >= 0.3 is 0 Å². The van der Waals surface area contributed by atoms with E-state index in [1.165, 1.54) is 0 Å². The highest BCUT2D eigenvalue weighted by Crippen LogP contribution is 2.36. The highest BCUT2D eigenvalue weighted by atomic mass is 16.1. The Morgan fingerprint density at radius 2 is 1.89 bits per heavy atom. The molecule has 0 unspecified atom stereocenters. The van der Waals surface area contributed by atoms with Gasteiger partial charge in [-0.1, -0.05) is 0 Å². The Kier molecular flexibility index (Phi) is 5.37. The minimum absolute atomic E-state index is 0.105. The molecule has 0 aliphatic carbocycles. The molecule has 0 spiro atoms. The topological polar surface area (TPSA) is 100 Å². The lowest BCUT2D eigenvalue weighted by Crippen LogP contribution is -2.50. The number of fused-ring (bicyclic) bond motifs is 2. The first-order valence-electron chi connectivity index (χ1n) is 12.3. The third-order valence-electron chi connectivity index (χ3n) is 7.70. The lowest BCUT2D eigenvalue weighted by Gasteiger charge is -2.40. The van der Waals surface area contributed by atoms with Crippen LogP contribution in [0.2, 0.25) is 0 Å². The predicted octanol–water partition coefficient (Wildman–Crippen LogP) is 3.60. The summed E-state index contributed by atoms with van der Waals surface area (Å²) in [7, 11) is 4.01. The molecule has 6 rings (SSSR count). The number of carbonyl (C=O) groups excluding carboxylic acids is 1. The third-order valence-corrected chi connectivity index (χ3v) is 7.70. The van der Waals surface area contributed by atoms with Gasteiger partial charge in [0.25, 0.3) is 5.91 Å². The zero-order chi connectivity index (χ0) is 24.9. The number of anilines is 3. The van der Waals surface area contributed by atoms with Crippen LogP contribution >= 0.6 is 0 Å². The van der Waals surface area contributed by atoms with Crippen molar-refractivity contribution < 1.29 is 4.79 Å². The summed E-state index contributed by atoms with van der Waals surface area (Å²) in [5.41, 5.74) is 6.13. The Balaban J connectivity index is 1.28. The Bertz CT molecular complexity index is 1450. The second kappa shape index (κ2) is 8.60. The van der Waals surface area contributed by atoms with E-state index in [1.807, 2.05) is 49.3 Å². The van der Waals surface area contributed by atoms with E-state index < -0.39 is 0 Å². The van der Waals surface area contributed by atoms with Crippen molar-refractivity contribution in [3.8, 4) is 11.3 Å². The molecular weight excluding hydrogens is 452 g/mol. The van der Waals surface area contributed by atoms with E-state index in [1.54, 1.807) is 12.4 Å². The van der Waals surface area contributed by atoms with Crippen molar-refractivity contribution in [3.05, 3.63) is 60.2 Å². The van der Waals surface area contributed by atoms with Crippen molar-refractivity contribution in [2.75, 3.05) is 30.4 Å². The summed E-state index contributed by atoms with van der Waals surface area (Å²) in [5, 5.41) is 10.7. The van der Waals surface area contributed by atoms with Gasteiger partial charge in [0.15, 0.2) is 0 Å². The van der Waals surface area contributed by atoms with Gasteiger partial charge in [0.1, 0.15) is 11.5 Å². The number of nitrogens with zero attached hydrogens (tertiary/aromatic N) is 5. The van der Waals surface area contributed by atoms with Gasteiger partial charge in [-0.05, 0) is 51.1 Å². The fraction of sp³-hybridized carbons (Fsp3) is 0.333. The first-order valence-corrected chi connectivity index (χ1v) is 12.3. The molecule has 0 atom stereocenters. The summed E-state index contributed by atoms with van der Waals surface area (Å²) in [6.07, 6.45) is 9.59. The Labute approximate surface area is 210 Å². The van der Waals surface area contributed by atoms with Crippen LogP contribution in [0.1, 0.15) is 35.7 Å². The van der Waals surface area contributed by atoms with Crippen molar-refractivity contribution >= 4 is 34.1 Å². The summed E-state index contributed by atoms with van der Waals surface area (Å²) < 4.78 is 1.98. The van der Waals surface area contributed by atoms with Crippen LogP contribution in [0.5, 0.6) is 0 Å². The van der Waals surface area contributed by atoms with Crippen molar-refractivity contribution in [2.45, 2.75) is 31.8 Å². The minimum Gasteiger partial charge on any atom is -0.370 e. The number of rotatable bonds is 5. The van der Waals surface area contributed by atoms with E-state index in [4.69, 9.17) is 4.98 Å². The van der Waals surface area contributed by atoms with Gasteiger partial charge in [-0.2, -0.15) is 0 Å². The van der Waals surface area contributed by atoms with Crippen molar-refractivity contribution in [1.29, 1.82) is 0 Å². The molecule has 0 aromatic carbocycles. The lowest BCUT2D eigenvalue weighted by atomic mass is 9.90. The van der Waals surface area contributed by atoms with Crippen LogP contribution in [0.3, 0.4) is 0 Å². The Morgan fingerprint density at radius 3 is 2.64 bits per heavy atom. The van der Waals surface area contributed by atoms with Gasteiger partial charge < -0.3 is 25.4 Å². The molecule has 184 valence electrons. The van der Waals surface area contributed by atoms with Crippen LogP contribution in [0.25, 0.3) is 22.3 Å². The molecule has 0 saturated carbocycles. The van der Waals surface area contributed by atoms with Crippen LogP contribution < -0.4 is 20.9 Å². The van der Waals surface area contributed by atoms with Crippen LogP contribution in [0.15, 0.2) is 49.1 Å². The number of hydrogen-bond acceptors (Lipinski definition) is 7. The second-order valence-corrected chi connectivity index (χ2v) is 9.90. The number of nitrogens with one attached hydrogen (secondary N) is 3. The molecule has 2 aliphatic rings. The monoisotopic (exact) mass is 482 g/mol. The molecule has 1 amide bonds. The highest BCUT2D eigenvalue weighted by molar-refractivity contribution is 6.06. The van der Waals surface area contributed by atoms with Crippen LogP contribution in [0, 0.1) is 0 Å². The first-order chi connectivity index (χ1) is 17.5. The molecular formula is C27H30N8O. The number of amides is 1.